The first-order chi connectivity index (χ1) is 35.0. The number of ether oxygens (including phenoxy) is 3. The minimum absolute atomic E-state index is 0.103. The predicted octanol–water partition coefficient (Wildman–Crippen LogP) is 19.9. The van der Waals surface area contributed by atoms with Crippen molar-refractivity contribution in [2.45, 2.75) is 271 Å². The van der Waals surface area contributed by atoms with Gasteiger partial charge < -0.3 is 14.2 Å². The van der Waals surface area contributed by atoms with Crippen molar-refractivity contribution < 1.29 is 28.6 Å². The molecule has 0 N–H and O–H groups in total. The maximum atomic E-state index is 12.9. The van der Waals surface area contributed by atoms with Crippen molar-refractivity contribution in [2.24, 2.45) is 0 Å². The molecule has 71 heavy (non-hydrogen) atoms. The number of esters is 3. The quantitative estimate of drug-likeness (QED) is 0.0261. The Morgan fingerprint density at radius 1 is 0.296 bits per heavy atom. The molecular weight excluding hydrogens is 877 g/mol. The van der Waals surface area contributed by atoms with Gasteiger partial charge in [0.15, 0.2) is 6.10 Å². The van der Waals surface area contributed by atoms with Gasteiger partial charge in [-0.2, -0.15) is 0 Å². The zero-order valence-corrected chi connectivity index (χ0v) is 46.2. The second-order valence-corrected chi connectivity index (χ2v) is 19.1. The van der Waals surface area contributed by atoms with Crippen LogP contribution in [-0.4, -0.2) is 37.2 Å². The third-order valence-electron chi connectivity index (χ3n) is 12.2. The highest BCUT2D eigenvalue weighted by Crippen LogP contribution is 2.15. The molecule has 6 heteroatoms. The van der Waals surface area contributed by atoms with Gasteiger partial charge >= 0.3 is 17.9 Å². The number of carbonyl (C=O) groups is 3. The molecule has 0 saturated heterocycles. The Bertz CT molecular complexity index is 1460. The second-order valence-electron chi connectivity index (χ2n) is 19.1. The minimum atomic E-state index is -0.811. The lowest BCUT2D eigenvalue weighted by molar-refractivity contribution is -0.167. The summed E-state index contributed by atoms with van der Waals surface area (Å²) in [4.78, 5) is 38.2. The molecule has 6 nitrogen and oxygen atoms in total. The lowest BCUT2D eigenvalue weighted by Crippen LogP contribution is -2.30. The van der Waals surface area contributed by atoms with Gasteiger partial charge in [0.25, 0.3) is 0 Å². The largest absolute Gasteiger partial charge is 0.462 e. The summed E-state index contributed by atoms with van der Waals surface area (Å²) in [5.74, 6) is -0.969. The van der Waals surface area contributed by atoms with Crippen LogP contribution in [0, 0.1) is 0 Å². The summed E-state index contributed by atoms with van der Waals surface area (Å²) in [6, 6.07) is 0. The van der Waals surface area contributed by atoms with Crippen molar-refractivity contribution in [3.8, 4) is 0 Å². The number of allylic oxidation sites excluding steroid dienone is 18. The lowest BCUT2D eigenvalue weighted by atomic mass is 10.0. The number of rotatable bonds is 52. The van der Waals surface area contributed by atoms with E-state index in [-0.39, 0.29) is 37.5 Å². The van der Waals surface area contributed by atoms with Crippen LogP contribution in [0.4, 0.5) is 0 Å². The monoisotopic (exact) mass is 985 g/mol. The van der Waals surface area contributed by atoms with E-state index in [4.69, 9.17) is 14.2 Å². The van der Waals surface area contributed by atoms with Crippen LogP contribution >= 0.6 is 0 Å². The number of hydrogen-bond donors (Lipinski definition) is 0. The number of carbonyl (C=O) groups excluding carboxylic acids is 3. The maximum Gasteiger partial charge on any atom is 0.306 e. The fourth-order valence-electron chi connectivity index (χ4n) is 7.89. The number of unbranched alkanes of at least 4 members (excludes halogenated alkanes) is 23. The summed E-state index contributed by atoms with van der Waals surface area (Å²) in [5.41, 5.74) is 0. The zero-order valence-electron chi connectivity index (χ0n) is 46.2. The van der Waals surface area contributed by atoms with Gasteiger partial charge in [0.2, 0.25) is 0 Å². The van der Waals surface area contributed by atoms with Crippen LogP contribution in [0.1, 0.15) is 265 Å². The Morgan fingerprint density at radius 3 is 0.901 bits per heavy atom. The Morgan fingerprint density at radius 2 is 0.549 bits per heavy atom. The fraction of sp³-hybridized carbons (Fsp3) is 0.677. The third-order valence-corrected chi connectivity index (χ3v) is 12.2. The van der Waals surface area contributed by atoms with Gasteiger partial charge in [-0.25, -0.2) is 0 Å². The Hall–Kier alpha value is -3.93. The van der Waals surface area contributed by atoms with Crippen LogP contribution in [0.5, 0.6) is 0 Å². The molecule has 0 fully saturated rings. The highest BCUT2D eigenvalue weighted by atomic mass is 16.6. The van der Waals surface area contributed by atoms with Crippen molar-refractivity contribution >= 4 is 17.9 Å². The summed E-state index contributed by atoms with van der Waals surface area (Å²) in [5, 5.41) is 0. The molecule has 404 valence electrons. The highest BCUT2D eigenvalue weighted by molar-refractivity contribution is 5.71. The Kier molecular flexibility index (Phi) is 55.4. The Balaban J connectivity index is 4.45. The van der Waals surface area contributed by atoms with Crippen LogP contribution in [-0.2, 0) is 28.6 Å². The fourth-order valence-corrected chi connectivity index (χ4v) is 7.89. The molecule has 0 heterocycles. The van der Waals surface area contributed by atoms with Gasteiger partial charge in [0.1, 0.15) is 13.2 Å². The van der Waals surface area contributed by atoms with Crippen molar-refractivity contribution in [2.75, 3.05) is 13.2 Å². The molecule has 0 aromatic rings. The summed E-state index contributed by atoms with van der Waals surface area (Å²) in [6.07, 6.45) is 79.4. The predicted molar refractivity (Wildman–Crippen MR) is 307 cm³/mol. The van der Waals surface area contributed by atoms with Gasteiger partial charge in [-0.05, 0) is 122 Å². The SMILES string of the molecule is CC/C=C\C/C=C\C/C=C\C/C=C\CCCCCCC(=O)O[C@H](COC(=O)CCCC/C=C\C/C=C\C/C=C\C/C=C\CC)COC(=O)CCCCCCCCCCCCC/C=C\CCCCCCCC. The molecule has 0 aliphatic carbocycles. The van der Waals surface area contributed by atoms with Gasteiger partial charge in [0.05, 0.1) is 0 Å². The molecule has 0 bridgehead atoms. The average molecular weight is 986 g/mol. The molecule has 1 atom stereocenters. The molecule has 0 rings (SSSR count). The molecule has 0 saturated carbocycles. The molecule has 0 radical (unpaired) electrons. The van der Waals surface area contributed by atoms with E-state index < -0.39 is 6.10 Å². The minimum Gasteiger partial charge on any atom is -0.462 e. The molecule has 0 spiro atoms. The molecule has 0 unspecified atom stereocenters. The van der Waals surface area contributed by atoms with E-state index in [9.17, 15) is 14.4 Å². The summed E-state index contributed by atoms with van der Waals surface area (Å²) in [6.45, 7) is 6.36. The molecule has 0 aromatic carbocycles. The smallest absolute Gasteiger partial charge is 0.306 e. The lowest BCUT2D eigenvalue weighted by Gasteiger charge is -2.18. The van der Waals surface area contributed by atoms with E-state index in [1.807, 2.05) is 0 Å². The van der Waals surface area contributed by atoms with Gasteiger partial charge in [-0.15, -0.1) is 0 Å². The van der Waals surface area contributed by atoms with Gasteiger partial charge in [-0.1, -0.05) is 233 Å². The van der Waals surface area contributed by atoms with Crippen molar-refractivity contribution in [1.29, 1.82) is 0 Å². The second kappa shape index (κ2) is 58.6. The summed E-state index contributed by atoms with van der Waals surface area (Å²) >= 11 is 0. The average Bonchev–Trinajstić information content (AvgIpc) is 3.37. The van der Waals surface area contributed by atoms with Gasteiger partial charge in [0, 0.05) is 19.3 Å². The standard InChI is InChI=1S/C65H108O6/c1-4-7-10-13-16-19-22-25-28-30-31-32-33-35-37-40-43-46-49-52-55-58-64(67)70-61-62(60-69-63(66)57-54-51-48-45-42-39-36-27-24-21-18-15-12-9-6-3)71-65(68)59-56-53-50-47-44-41-38-34-29-26-23-20-17-14-11-8-5-2/h8-9,11-12,17-18,20-21,25-29,36,38,41-42,45,62H,4-7,10,13-16,19,22-24,30-35,37,39-40,43-44,46-61H2,1-3H3/b11-8-,12-9-,20-17-,21-18-,28-25-,29-26-,36-27-,41-38-,45-42-/t62-/m1/s1. The van der Waals surface area contributed by atoms with Crippen LogP contribution < -0.4 is 0 Å². The first-order valence-corrected chi connectivity index (χ1v) is 29.4. The summed E-state index contributed by atoms with van der Waals surface area (Å²) in [7, 11) is 0. The third kappa shape index (κ3) is 56.9. The summed E-state index contributed by atoms with van der Waals surface area (Å²) < 4.78 is 16.8. The first-order valence-electron chi connectivity index (χ1n) is 29.4. The first kappa shape index (κ1) is 67.1. The number of hydrogen-bond acceptors (Lipinski definition) is 6. The van der Waals surface area contributed by atoms with E-state index in [2.05, 4.69) is 130 Å². The van der Waals surface area contributed by atoms with Crippen LogP contribution in [0.25, 0.3) is 0 Å². The molecular formula is C65H108O6. The van der Waals surface area contributed by atoms with E-state index in [0.717, 1.165) is 122 Å². The zero-order chi connectivity index (χ0) is 51.4. The maximum absolute atomic E-state index is 12.9. The van der Waals surface area contributed by atoms with E-state index in [1.54, 1.807) is 0 Å². The highest BCUT2D eigenvalue weighted by Gasteiger charge is 2.19. The molecule has 0 aliphatic rings. The molecule has 0 amide bonds. The molecule has 0 aliphatic heterocycles. The topological polar surface area (TPSA) is 78.9 Å². The van der Waals surface area contributed by atoms with Crippen LogP contribution in [0.2, 0.25) is 0 Å². The van der Waals surface area contributed by atoms with Crippen molar-refractivity contribution in [3.63, 3.8) is 0 Å². The van der Waals surface area contributed by atoms with Crippen LogP contribution in [0.15, 0.2) is 109 Å². The van der Waals surface area contributed by atoms with Crippen molar-refractivity contribution in [3.05, 3.63) is 109 Å². The Labute approximate surface area is 438 Å². The van der Waals surface area contributed by atoms with Gasteiger partial charge in [-0.3, -0.25) is 14.4 Å². The van der Waals surface area contributed by atoms with E-state index >= 15 is 0 Å². The molecule has 0 aromatic heterocycles. The van der Waals surface area contributed by atoms with Crippen molar-refractivity contribution in [1.82, 2.24) is 0 Å². The van der Waals surface area contributed by atoms with E-state index in [1.165, 1.54) is 103 Å². The normalized spacial score (nSPS) is 12.9. The van der Waals surface area contributed by atoms with E-state index in [0.29, 0.717) is 12.8 Å². The van der Waals surface area contributed by atoms with Crippen LogP contribution in [0.3, 0.4) is 0 Å².